The third-order valence-corrected chi connectivity index (χ3v) is 2.82. The Kier molecular flexibility index (Phi) is 3.63. The van der Waals surface area contributed by atoms with Crippen LogP contribution in [0.15, 0.2) is 36.5 Å². The zero-order valence-corrected chi connectivity index (χ0v) is 10.2. The van der Waals surface area contributed by atoms with Gasteiger partial charge in [-0.3, -0.25) is 0 Å². The quantitative estimate of drug-likeness (QED) is 0.896. The van der Waals surface area contributed by atoms with E-state index in [4.69, 9.17) is 5.26 Å². The maximum atomic E-state index is 13.1. The summed E-state index contributed by atoms with van der Waals surface area (Å²) in [7, 11) is 0. The molecular weight excluding hydrogens is 229 g/mol. The Hall–Kier alpha value is -2.28. The fourth-order valence-corrected chi connectivity index (χ4v) is 1.83. The molecule has 4 heteroatoms. The van der Waals surface area contributed by atoms with Crippen LogP contribution in [-0.4, -0.2) is 4.57 Å². The Morgan fingerprint density at radius 1 is 1.39 bits per heavy atom. The molecule has 0 amide bonds. The second-order valence-corrected chi connectivity index (χ2v) is 3.95. The van der Waals surface area contributed by atoms with Gasteiger partial charge in [-0.2, -0.15) is 5.26 Å². The largest absolute Gasteiger partial charge is 0.379 e. The zero-order chi connectivity index (χ0) is 13.0. The van der Waals surface area contributed by atoms with Crippen molar-refractivity contribution >= 4 is 5.69 Å². The number of hydrogen-bond acceptors (Lipinski definition) is 2. The van der Waals surface area contributed by atoms with Crippen molar-refractivity contribution in [3.8, 4) is 6.07 Å². The average Bonchev–Trinajstić information content (AvgIpc) is 2.85. The predicted octanol–water partition coefficient (Wildman–Crippen LogP) is 3.13. The van der Waals surface area contributed by atoms with Crippen LogP contribution in [0.25, 0.3) is 0 Å². The van der Waals surface area contributed by atoms with Crippen LogP contribution in [0.5, 0.6) is 0 Å². The van der Waals surface area contributed by atoms with Gasteiger partial charge in [0, 0.05) is 24.1 Å². The number of anilines is 1. The minimum Gasteiger partial charge on any atom is -0.379 e. The van der Waals surface area contributed by atoms with E-state index in [1.165, 1.54) is 12.1 Å². The van der Waals surface area contributed by atoms with Crippen molar-refractivity contribution in [2.24, 2.45) is 0 Å². The summed E-state index contributed by atoms with van der Waals surface area (Å²) in [4.78, 5) is 0. The topological polar surface area (TPSA) is 40.8 Å². The van der Waals surface area contributed by atoms with Crippen molar-refractivity contribution in [2.75, 3.05) is 5.32 Å². The molecule has 1 N–H and O–H groups in total. The van der Waals surface area contributed by atoms with Crippen LogP contribution < -0.4 is 5.32 Å². The second-order valence-electron chi connectivity index (χ2n) is 3.95. The first-order chi connectivity index (χ1) is 8.74. The molecule has 92 valence electrons. The molecule has 0 aliphatic carbocycles. The van der Waals surface area contributed by atoms with Crippen LogP contribution in [-0.2, 0) is 13.1 Å². The summed E-state index contributed by atoms with van der Waals surface area (Å²) in [5.74, 6) is -0.486. The van der Waals surface area contributed by atoms with Gasteiger partial charge in [0.15, 0.2) is 0 Å². The Labute approximate surface area is 105 Å². The van der Waals surface area contributed by atoms with Gasteiger partial charge in [0.1, 0.15) is 11.9 Å². The fraction of sp³-hybridized carbons (Fsp3) is 0.214. The first-order valence-electron chi connectivity index (χ1n) is 5.82. The molecule has 0 aliphatic rings. The first kappa shape index (κ1) is 12.2. The standard InChI is InChI=1S/C14H14FN3/c1-2-18-7-3-4-13(18)10-17-12-5-6-14(15)11(8-12)9-16/h3-8,17H,2,10H2,1H3. The average molecular weight is 243 g/mol. The molecule has 0 bridgehead atoms. The van der Waals surface area contributed by atoms with Crippen molar-refractivity contribution < 1.29 is 4.39 Å². The van der Waals surface area contributed by atoms with Crippen LogP contribution in [0, 0.1) is 17.1 Å². The van der Waals surface area contributed by atoms with Gasteiger partial charge < -0.3 is 9.88 Å². The Bertz CT molecular complexity index is 581. The number of halogens is 1. The van der Waals surface area contributed by atoms with E-state index in [0.29, 0.717) is 6.54 Å². The van der Waals surface area contributed by atoms with E-state index in [-0.39, 0.29) is 5.56 Å². The molecule has 0 radical (unpaired) electrons. The number of hydrogen-bond donors (Lipinski definition) is 1. The lowest BCUT2D eigenvalue weighted by atomic mass is 10.2. The summed E-state index contributed by atoms with van der Waals surface area (Å²) >= 11 is 0. The van der Waals surface area contributed by atoms with Crippen LogP contribution in [0.1, 0.15) is 18.2 Å². The van der Waals surface area contributed by atoms with Crippen molar-refractivity contribution in [1.82, 2.24) is 4.57 Å². The smallest absolute Gasteiger partial charge is 0.141 e. The molecule has 3 nitrogen and oxygen atoms in total. The molecule has 18 heavy (non-hydrogen) atoms. The summed E-state index contributed by atoms with van der Waals surface area (Å²) in [5.41, 5.74) is 1.96. The highest BCUT2D eigenvalue weighted by Crippen LogP contribution is 2.15. The van der Waals surface area contributed by atoms with Gasteiger partial charge in [0.05, 0.1) is 12.1 Å². The molecule has 1 aromatic carbocycles. The fourth-order valence-electron chi connectivity index (χ4n) is 1.83. The summed E-state index contributed by atoms with van der Waals surface area (Å²) < 4.78 is 15.3. The molecule has 0 aliphatic heterocycles. The van der Waals surface area contributed by atoms with E-state index in [1.807, 2.05) is 24.4 Å². The van der Waals surface area contributed by atoms with Crippen LogP contribution in [0.2, 0.25) is 0 Å². The van der Waals surface area contributed by atoms with Gasteiger partial charge in [0.25, 0.3) is 0 Å². The molecule has 0 fully saturated rings. The summed E-state index contributed by atoms with van der Waals surface area (Å²) in [6.07, 6.45) is 2.02. The number of rotatable bonds is 4. The number of nitriles is 1. The molecule has 0 unspecified atom stereocenters. The number of aryl methyl sites for hydroxylation is 1. The van der Waals surface area contributed by atoms with E-state index >= 15 is 0 Å². The number of benzene rings is 1. The Morgan fingerprint density at radius 2 is 2.22 bits per heavy atom. The van der Waals surface area contributed by atoms with E-state index in [9.17, 15) is 4.39 Å². The Balaban J connectivity index is 2.09. The molecule has 1 heterocycles. The molecule has 0 atom stereocenters. The predicted molar refractivity (Wildman–Crippen MR) is 68.5 cm³/mol. The Morgan fingerprint density at radius 3 is 2.94 bits per heavy atom. The summed E-state index contributed by atoms with van der Waals surface area (Å²) in [6, 6.07) is 10.3. The second kappa shape index (κ2) is 5.37. The summed E-state index contributed by atoms with van der Waals surface area (Å²) in [5, 5.41) is 11.9. The third-order valence-electron chi connectivity index (χ3n) is 2.82. The van der Waals surface area contributed by atoms with Gasteiger partial charge >= 0.3 is 0 Å². The van der Waals surface area contributed by atoms with E-state index in [1.54, 1.807) is 6.07 Å². The summed E-state index contributed by atoms with van der Waals surface area (Å²) in [6.45, 7) is 3.64. The van der Waals surface area contributed by atoms with E-state index in [2.05, 4.69) is 16.8 Å². The van der Waals surface area contributed by atoms with Gasteiger partial charge in [-0.15, -0.1) is 0 Å². The highest BCUT2D eigenvalue weighted by Gasteiger charge is 2.03. The number of aromatic nitrogens is 1. The van der Waals surface area contributed by atoms with Gasteiger partial charge in [-0.25, -0.2) is 4.39 Å². The molecular formula is C14H14FN3. The van der Waals surface area contributed by atoms with Crippen molar-refractivity contribution in [1.29, 1.82) is 5.26 Å². The third kappa shape index (κ3) is 2.51. The molecule has 0 spiro atoms. The van der Waals surface area contributed by atoms with Gasteiger partial charge in [0.2, 0.25) is 0 Å². The van der Waals surface area contributed by atoms with E-state index < -0.39 is 5.82 Å². The monoisotopic (exact) mass is 243 g/mol. The highest BCUT2D eigenvalue weighted by molar-refractivity contribution is 5.49. The molecule has 1 aromatic heterocycles. The molecule has 0 saturated carbocycles. The minimum absolute atomic E-state index is 0.0610. The van der Waals surface area contributed by atoms with Crippen molar-refractivity contribution in [3.05, 3.63) is 53.6 Å². The molecule has 2 rings (SSSR count). The number of nitrogens with zero attached hydrogens (tertiary/aromatic N) is 2. The lowest BCUT2D eigenvalue weighted by Gasteiger charge is -2.09. The zero-order valence-electron chi connectivity index (χ0n) is 10.2. The lowest BCUT2D eigenvalue weighted by Crippen LogP contribution is -2.06. The molecule has 2 aromatic rings. The minimum atomic E-state index is -0.486. The van der Waals surface area contributed by atoms with Crippen molar-refractivity contribution in [3.63, 3.8) is 0 Å². The van der Waals surface area contributed by atoms with Crippen LogP contribution in [0.3, 0.4) is 0 Å². The maximum Gasteiger partial charge on any atom is 0.141 e. The van der Waals surface area contributed by atoms with E-state index in [0.717, 1.165) is 17.9 Å². The lowest BCUT2D eigenvalue weighted by molar-refractivity contribution is 0.624. The van der Waals surface area contributed by atoms with Crippen LogP contribution >= 0.6 is 0 Å². The maximum absolute atomic E-state index is 13.1. The first-order valence-corrected chi connectivity index (χ1v) is 5.82. The highest BCUT2D eigenvalue weighted by atomic mass is 19.1. The van der Waals surface area contributed by atoms with Crippen LogP contribution in [0.4, 0.5) is 10.1 Å². The van der Waals surface area contributed by atoms with Gasteiger partial charge in [-0.1, -0.05) is 0 Å². The van der Waals surface area contributed by atoms with Gasteiger partial charge in [-0.05, 0) is 37.3 Å². The number of nitrogens with one attached hydrogen (secondary N) is 1. The van der Waals surface area contributed by atoms with Crippen molar-refractivity contribution in [2.45, 2.75) is 20.0 Å². The normalized spacial score (nSPS) is 10.1. The molecule has 0 saturated heterocycles. The SMILES string of the molecule is CCn1cccc1CNc1ccc(F)c(C#N)c1.